The van der Waals surface area contributed by atoms with E-state index in [1.807, 2.05) is 12.1 Å². The van der Waals surface area contributed by atoms with E-state index in [0.717, 1.165) is 11.1 Å². The van der Waals surface area contributed by atoms with Crippen LogP contribution in [0.4, 0.5) is 0 Å². The standard InChI is InChI=1S/C13H11N3O3/c17-12(18)6-9(13-14-3-4-15-13)8-1-2-10-11(5-8)19-7-16-10/h1-5,7,9H,6H2,(H,14,15)(H,17,18). The maximum Gasteiger partial charge on any atom is 0.304 e. The second-order valence-electron chi connectivity index (χ2n) is 4.20. The van der Waals surface area contributed by atoms with Gasteiger partial charge in [0.15, 0.2) is 12.0 Å². The Bertz CT molecular complexity index is 703. The number of hydrogen-bond acceptors (Lipinski definition) is 4. The number of imidazole rings is 1. The second-order valence-corrected chi connectivity index (χ2v) is 4.20. The van der Waals surface area contributed by atoms with E-state index in [9.17, 15) is 4.79 Å². The SMILES string of the molecule is O=C(O)CC(c1ccc2ncoc2c1)c1ncc[nH]1. The lowest BCUT2D eigenvalue weighted by atomic mass is 9.95. The largest absolute Gasteiger partial charge is 0.481 e. The van der Waals surface area contributed by atoms with Crippen LogP contribution < -0.4 is 0 Å². The first kappa shape index (κ1) is 11.5. The first-order chi connectivity index (χ1) is 9.24. The van der Waals surface area contributed by atoms with E-state index in [2.05, 4.69) is 15.0 Å². The van der Waals surface area contributed by atoms with Gasteiger partial charge in [0.25, 0.3) is 0 Å². The van der Waals surface area contributed by atoms with Crippen LogP contribution in [0.3, 0.4) is 0 Å². The molecule has 2 heterocycles. The van der Waals surface area contributed by atoms with Gasteiger partial charge >= 0.3 is 5.97 Å². The number of benzene rings is 1. The van der Waals surface area contributed by atoms with Crippen molar-refractivity contribution in [2.45, 2.75) is 12.3 Å². The summed E-state index contributed by atoms with van der Waals surface area (Å²) in [7, 11) is 0. The summed E-state index contributed by atoms with van der Waals surface area (Å²) in [6.45, 7) is 0. The quantitative estimate of drug-likeness (QED) is 0.747. The summed E-state index contributed by atoms with van der Waals surface area (Å²) < 4.78 is 5.24. The zero-order chi connectivity index (χ0) is 13.2. The van der Waals surface area contributed by atoms with Crippen LogP contribution >= 0.6 is 0 Å². The molecule has 0 aliphatic carbocycles. The number of fused-ring (bicyclic) bond motifs is 1. The van der Waals surface area contributed by atoms with E-state index in [1.165, 1.54) is 6.39 Å². The van der Waals surface area contributed by atoms with Gasteiger partial charge in [0.05, 0.1) is 12.3 Å². The van der Waals surface area contributed by atoms with Gasteiger partial charge in [0.2, 0.25) is 0 Å². The average molecular weight is 257 g/mol. The Kier molecular flexibility index (Phi) is 2.75. The van der Waals surface area contributed by atoms with Crippen LogP contribution in [0.15, 0.2) is 41.4 Å². The van der Waals surface area contributed by atoms with Crippen molar-refractivity contribution >= 4 is 17.1 Å². The van der Waals surface area contributed by atoms with Crippen LogP contribution in [0.1, 0.15) is 23.7 Å². The van der Waals surface area contributed by atoms with Crippen molar-refractivity contribution in [3.63, 3.8) is 0 Å². The molecule has 0 saturated carbocycles. The van der Waals surface area contributed by atoms with Crippen molar-refractivity contribution in [2.75, 3.05) is 0 Å². The van der Waals surface area contributed by atoms with Gasteiger partial charge in [-0.3, -0.25) is 4.79 Å². The summed E-state index contributed by atoms with van der Waals surface area (Å²) in [5.74, 6) is -0.581. The van der Waals surface area contributed by atoms with Crippen LogP contribution in [-0.2, 0) is 4.79 Å². The van der Waals surface area contributed by atoms with Crippen LogP contribution in [0.2, 0.25) is 0 Å². The summed E-state index contributed by atoms with van der Waals surface area (Å²) in [6.07, 6.45) is 4.62. The highest BCUT2D eigenvalue weighted by molar-refractivity contribution is 5.74. The molecule has 19 heavy (non-hydrogen) atoms. The highest BCUT2D eigenvalue weighted by Crippen LogP contribution is 2.28. The Morgan fingerprint density at radius 3 is 3.05 bits per heavy atom. The van der Waals surface area contributed by atoms with Gasteiger partial charge in [0, 0.05) is 12.4 Å². The lowest BCUT2D eigenvalue weighted by Gasteiger charge is -2.12. The summed E-state index contributed by atoms with van der Waals surface area (Å²) in [5.41, 5.74) is 2.22. The number of hydrogen-bond donors (Lipinski definition) is 2. The highest BCUT2D eigenvalue weighted by Gasteiger charge is 2.20. The smallest absolute Gasteiger partial charge is 0.304 e. The number of carboxylic acids is 1. The molecule has 0 radical (unpaired) electrons. The molecule has 1 unspecified atom stereocenters. The summed E-state index contributed by atoms with van der Waals surface area (Å²) >= 11 is 0. The average Bonchev–Trinajstić information content (AvgIpc) is 3.06. The lowest BCUT2D eigenvalue weighted by molar-refractivity contribution is -0.137. The van der Waals surface area contributed by atoms with Crippen molar-refractivity contribution in [1.29, 1.82) is 0 Å². The molecule has 0 saturated heterocycles. The third-order valence-corrected chi connectivity index (χ3v) is 2.99. The molecule has 0 aliphatic rings. The minimum atomic E-state index is -0.876. The number of nitrogens with zero attached hydrogens (tertiary/aromatic N) is 2. The van der Waals surface area contributed by atoms with Crippen LogP contribution in [0, 0.1) is 0 Å². The van der Waals surface area contributed by atoms with Crippen LogP contribution in [-0.4, -0.2) is 26.0 Å². The summed E-state index contributed by atoms with van der Waals surface area (Å²) in [4.78, 5) is 22.2. The molecule has 0 spiro atoms. The Hall–Kier alpha value is -2.63. The van der Waals surface area contributed by atoms with E-state index in [-0.39, 0.29) is 12.3 Å². The molecule has 0 amide bonds. The highest BCUT2D eigenvalue weighted by atomic mass is 16.4. The van der Waals surface area contributed by atoms with Crippen LogP contribution in [0.25, 0.3) is 11.1 Å². The molecule has 6 heteroatoms. The Morgan fingerprint density at radius 2 is 2.32 bits per heavy atom. The van der Waals surface area contributed by atoms with Gasteiger partial charge in [-0.2, -0.15) is 0 Å². The predicted octanol–water partition coefficient (Wildman–Crippen LogP) is 2.16. The van der Waals surface area contributed by atoms with Crippen molar-refractivity contribution in [1.82, 2.24) is 15.0 Å². The summed E-state index contributed by atoms with van der Waals surface area (Å²) in [5, 5.41) is 9.04. The number of carboxylic acid groups (broad SMARTS) is 1. The molecule has 3 aromatic rings. The molecule has 0 fully saturated rings. The fraction of sp³-hybridized carbons (Fsp3) is 0.154. The molecule has 2 aromatic heterocycles. The number of oxazole rings is 1. The topological polar surface area (TPSA) is 92.0 Å². The van der Waals surface area contributed by atoms with Crippen LogP contribution in [0.5, 0.6) is 0 Å². The number of aromatic amines is 1. The number of rotatable bonds is 4. The number of H-pyrrole nitrogens is 1. The zero-order valence-electron chi connectivity index (χ0n) is 9.91. The van der Waals surface area contributed by atoms with E-state index in [4.69, 9.17) is 9.52 Å². The molecule has 0 aliphatic heterocycles. The Labute approximate surface area is 108 Å². The Balaban J connectivity index is 2.04. The molecule has 1 aromatic carbocycles. The van der Waals surface area contributed by atoms with E-state index >= 15 is 0 Å². The molecule has 1 atom stereocenters. The van der Waals surface area contributed by atoms with Crippen molar-refractivity contribution in [3.8, 4) is 0 Å². The van der Waals surface area contributed by atoms with Gasteiger partial charge in [-0.1, -0.05) is 6.07 Å². The third kappa shape index (κ3) is 2.20. The lowest BCUT2D eigenvalue weighted by Crippen LogP contribution is -2.09. The van der Waals surface area contributed by atoms with Crippen molar-refractivity contribution in [3.05, 3.63) is 48.4 Å². The maximum atomic E-state index is 11.0. The van der Waals surface area contributed by atoms with Gasteiger partial charge < -0.3 is 14.5 Å². The van der Waals surface area contributed by atoms with Gasteiger partial charge in [0.1, 0.15) is 11.3 Å². The first-order valence-corrected chi connectivity index (χ1v) is 5.78. The minimum absolute atomic E-state index is 0.0346. The predicted molar refractivity (Wildman–Crippen MR) is 66.7 cm³/mol. The normalized spacial score (nSPS) is 12.6. The van der Waals surface area contributed by atoms with Gasteiger partial charge in [-0.05, 0) is 17.7 Å². The molecular weight excluding hydrogens is 246 g/mol. The van der Waals surface area contributed by atoms with E-state index in [1.54, 1.807) is 18.5 Å². The number of nitrogens with one attached hydrogen (secondary N) is 1. The fourth-order valence-corrected chi connectivity index (χ4v) is 2.10. The van der Waals surface area contributed by atoms with Crippen molar-refractivity contribution in [2.24, 2.45) is 0 Å². The summed E-state index contributed by atoms with van der Waals surface area (Å²) in [6, 6.07) is 5.46. The fourth-order valence-electron chi connectivity index (χ4n) is 2.10. The van der Waals surface area contributed by atoms with E-state index < -0.39 is 5.97 Å². The zero-order valence-corrected chi connectivity index (χ0v) is 9.91. The Morgan fingerprint density at radius 1 is 1.42 bits per heavy atom. The molecule has 6 nitrogen and oxygen atoms in total. The van der Waals surface area contributed by atoms with Gasteiger partial charge in [-0.25, -0.2) is 9.97 Å². The molecular formula is C13H11N3O3. The molecule has 96 valence electrons. The van der Waals surface area contributed by atoms with Gasteiger partial charge in [-0.15, -0.1) is 0 Å². The monoisotopic (exact) mass is 257 g/mol. The maximum absolute atomic E-state index is 11.0. The molecule has 2 N–H and O–H groups in total. The third-order valence-electron chi connectivity index (χ3n) is 2.99. The number of aliphatic carboxylic acids is 1. The first-order valence-electron chi connectivity index (χ1n) is 5.78. The second kappa shape index (κ2) is 4.56. The minimum Gasteiger partial charge on any atom is -0.481 e. The van der Waals surface area contributed by atoms with E-state index in [0.29, 0.717) is 11.4 Å². The van der Waals surface area contributed by atoms with Crippen molar-refractivity contribution < 1.29 is 14.3 Å². The number of aromatic nitrogens is 3. The molecule has 0 bridgehead atoms. The number of carbonyl (C=O) groups is 1. The molecule has 3 rings (SSSR count).